The maximum absolute atomic E-state index is 11.8. The number of nitrogens with one attached hydrogen (secondary N) is 1. The van der Waals surface area contributed by atoms with E-state index in [0.717, 1.165) is 50.8 Å². The number of rotatable bonds is 5. The molecule has 5 nitrogen and oxygen atoms in total. The number of amides is 1. The van der Waals surface area contributed by atoms with Gasteiger partial charge in [-0.3, -0.25) is 14.7 Å². The lowest BCUT2D eigenvalue weighted by Crippen LogP contribution is -2.45. The average molecular weight is 382 g/mol. The Morgan fingerprint density at radius 3 is 2.89 bits per heavy atom. The van der Waals surface area contributed by atoms with Gasteiger partial charge in [-0.2, -0.15) is 0 Å². The molecule has 0 saturated carbocycles. The van der Waals surface area contributed by atoms with Crippen LogP contribution in [-0.2, 0) is 16.1 Å². The molecule has 2 aliphatic heterocycles. The largest absolute Gasteiger partial charge is 0.370 e. The van der Waals surface area contributed by atoms with Crippen molar-refractivity contribution in [2.75, 3.05) is 19.6 Å². The van der Waals surface area contributed by atoms with Crippen LogP contribution < -0.4 is 5.32 Å². The summed E-state index contributed by atoms with van der Waals surface area (Å²) in [7, 11) is 0. The lowest BCUT2D eigenvalue weighted by Gasteiger charge is -2.39. The first-order valence-corrected chi connectivity index (χ1v) is 10.5. The Labute approximate surface area is 167 Å². The third kappa shape index (κ3) is 4.36. The highest BCUT2D eigenvalue weighted by Crippen LogP contribution is 2.39. The summed E-state index contributed by atoms with van der Waals surface area (Å²) < 4.78 is 6.42. The van der Waals surface area contributed by atoms with Crippen molar-refractivity contribution in [1.82, 2.24) is 15.2 Å². The van der Waals surface area contributed by atoms with Crippen molar-refractivity contribution < 1.29 is 9.53 Å². The van der Waals surface area contributed by atoms with Gasteiger partial charge < -0.3 is 10.1 Å². The van der Waals surface area contributed by atoms with Crippen LogP contribution in [0.25, 0.3) is 10.9 Å². The number of piperidine rings is 1. The second-order valence-corrected chi connectivity index (χ2v) is 8.67. The highest BCUT2D eigenvalue weighted by Gasteiger charge is 2.42. The fraction of sp³-hybridized carbons (Fsp3) is 0.565. The van der Waals surface area contributed by atoms with Crippen LogP contribution >= 0.6 is 0 Å². The highest BCUT2D eigenvalue weighted by molar-refractivity contribution is 5.79. The Bertz CT molecular complexity index is 827. The third-order valence-corrected chi connectivity index (χ3v) is 6.21. The zero-order valence-electron chi connectivity index (χ0n) is 17.0. The lowest BCUT2D eigenvalue weighted by molar-refractivity contribution is -0.125. The number of nitrogens with zero attached hydrogens (tertiary/aromatic N) is 2. The smallest absolute Gasteiger partial charge is 0.222 e. The highest BCUT2D eigenvalue weighted by atomic mass is 16.5. The Morgan fingerprint density at radius 2 is 2.11 bits per heavy atom. The topological polar surface area (TPSA) is 54.5 Å². The van der Waals surface area contributed by atoms with Crippen molar-refractivity contribution in [2.24, 2.45) is 5.92 Å². The number of hydrogen-bond donors (Lipinski definition) is 1. The van der Waals surface area contributed by atoms with Gasteiger partial charge in [0, 0.05) is 43.7 Å². The van der Waals surface area contributed by atoms with Crippen LogP contribution in [0.1, 0.15) is 45.1 Å². The first-order valence-electron chi connectivity index (χ1n) is 10.5. The second kappa shape index (κ2) is 8.18. The van der Waals surface area contributed by atoms with E-state index in [1.807, 2.05) is 26.1 Å². The molecular weight excluding hydrogens is 350 g/mol. The summed E-state index contributed by atoms with van der Waals surface area (Å²) >= 11 is 0. The molecule has 0 radical (unpaired) electrons. The van der Waals surface area contributed by atoms with Crippen LogP contribution in [0.3, 0.4) is 0 Å². The molecule has 28 heavy (non-hydrogen) atoms. The number of fused-ring (bicyclic) bond motifs is 1. The first kappa shape index (κ1) is 19.3. The SMILES string of the molecule is CC(C)C(=O)NCC1CCC2(CCN(Cc3ccc4cccnc4c3)CC2)O1. The van der Waals surface area contributed by atoms with E-state index in [1.54, 1.807) is 0 Å². The number of ether oxygens (including phenoxy) is 1. The Kier molecular flexibility index (Phi) is 5.65. The van der Waals surface area contributed by atoms with Crippen molar-refractivity contribution >= 4 is 16.8 Å². The van der Waals surface area contributed by atoms with Crippen LogP contribution in [0.2, 0.25) is 0 Å². The second-order valence-electron chi connectivity index (χ2n) is 8.67. The van der Waals surface area contributed by atoms with Gasteiger partial charge in [0.1, 0.15) is 0 Å². The molecule has 1 atom stereocenters. The number of aromatic nitrogens is 1. The standard InChI is InChI=1S/C23H31N3O2/c1-17(2)22(27)25-15-20-7-8-23(28-20)9-12-26(13-10-23)16-18-5-6-19-4-3-11-24-21(19)14-18/h3-6,11,14,17,20H,7-10,12-13,15-16H2,1-2H3,(H,25,27). The Morgan fingerprint density at radius 1 is 1.29 bits per heavy atom. The van der Waals surface area contributed by atoms with E-state index < -0.39 is 0 Å². The molecule has 5 heteroatoms. The molecule has 1 aromatic heterocycles. The van der Waals surface area contributed by atoms with Gasteiger partial charge in [-0.1, -0.05) is 32.0 Å². The van der Waals surface area contributed by atoms with Crippen molar-refractivity contribution in [3.8, 4) is 0 Å². The summed E-state index contributed by atoms with van der Waals surface area (Å²) in [5, 5.41) is 4.22. The summed E-state index contributed by atoms with van der Waals surface area (Å²) in [5.74, 6) is 0.146. The minimum Gasteiger partial charge on any atom is -0.370 e. The molecule has 1 aromatic carbocycles. The van der Waals surface area contributed by atoms with Crippen molar-refractivity contribution in [3.63, 3.8) is 0 Å². The predicted molar refractivity (Wildman–Crippen MR) is 111 cm³/mol. The van der Waals surface area contributed by atoms with Gasteiger partial charge in [0.2, 0.25) is 5.91 Å². The number of hydrogen-bond acceptors (Lipinski definition) is 4. The summed E-state index contributed by atoms with van der Waals surface area (Å²) in [4.78, 5) is 18.8. The summed E-state index contributed by atoms with van der Waals surface area (Å²) in [6, 6.07) is 10.7. The number of benzene rings is 1. The average Bonchev–Trinajstić information content (AvgIpc) is 3.10. The number of pyridine rings is 1. The molecule has 2 fully saturated rings. The zero-order chi connectivity index (χ0) is 19.6. The molecule has 1 unspecified atom stereocenters. The number of likely N-dealkylation sites (tertiary alicyclic amines) is 1. The van der Waals surface area contributed by atoms with E-state index in [4.69, 9.17) is 4.74 Å². The zero-order valence-corrected chi connectivity index (χ0v) is 17.0. The van der Waals surface area contributed by atoms with Gasteiger partial charge in [-0.15, -0.1) is 0 Å². The molecule has 1 N–H and O–H groups in total. The van der Waals surface area contributed by atoms with E-state index in [2.05, 4.69) is 39.5 Å². The molecule has 150 valence electrons. The summed E-state index contributed by atoms with van der Waals surface area (Å²) in [6.07, 6.45) is 6.34. The normalized spacial score (nSPS) is 22.2. The van der Waals surface area contributed by atoms with Gasteiger partial charge in [0.15, 0.2) is 0 Å². The van der Waals surface area contributed by atoms with Crippen LogP contribution in [0.5, 0.6) is 0 Å². The van der Waals surface area contributed by atoms with E-state index >= 15 is 0 Å². The van der Waals surface area contributed by atoms with Gasteiger partial charge in [-0.25, -0.2) is 0 Å². The molecule has 2 saturated heterocycles. The fourth-order valence-electron chi connectivity index (χ4n) is 4.41. The number of carbonyl (C=O) groups is 1. The van der Waals surface area contributed by atoms with E-state index in [1.165, 1.54) is 10.9 Å². The van der Waals surface area contributed by atoms with Crippen molar-refractivity contribution in [3.05, 3.63) is 42.1 Å². The number of carbonyl (C=O) groups excluding carboxylic acids is 1. The van der Waals surface area contributed by atoms with Crippen molar-refractivity contribution in [2.45, 2.75) is 57.8 Å². The Balaban J connectivity index is 1.28. The van der Waals surface area contributed by atoms with Gasteiger partial charge in [0.25, 0.3) is 0 Å². The van der Waals surface area contributed by atoms with Gasteiger partial charge in [0.05, 0.1) is 17.2 Å². The van der Waals surface area contributed by atoms with Gasteiger partial charge in [-0.05, 0) is 43.4 Å². The summed E-state index contributed by atoms with van der Waals surface area (Å²) in [5.41, 5.74) is 2.41. The van der Waals surface area contributed by atoms with Crippen molar-refractivity contribution in [1.29, 1.82) is 0 Å². The van der Waals surface area contributed by atoms with Crippen LogP contribution in [0, 0.1) is 5.92 Å². The van der Waals surface area contributed by atoms with E-state index in [0.29, 0.717) is 6.54 Å². The fourth-order valence-corrected chi connectivity index (χ4v) is 4.41. The molecule has 1 amide bonds. The first-order chi connectivity index (χ1) is 13.5. The molecule has 0 bridgehead atoms. The molecule has 2 aliphatic rings. The molecule has 0 aliphatic carbocycles. The van der Waals surface area contributed by atoms with Crippen LogP contribution in [-0.4, -0.2) is 47.1 Å². The summed E-state index contributed by atoms with van der Waals surface area (Å²) in [6.45, 7) is 7.58. The maximum atomic E-state index is 11.8. The molecule has 3 heterocycles. The lowest BCUT2D eigenvalue weighted by atomic mass is 9.88. The predicted octanol–water partition coefficient (Wildman–Crippen LogP) is 3.52. The minimum atomic E-state index is 0.0225. The Hall–Kier alpha value is -1.98. The molecule has 4 rings (SSSR count). The minimum absolute atomic E-state index is 0.0225. The molecule has 1 spiro atoms. The van der Waals surface area contributed by atoms with Crippen LogP contribution in [0.4, 0.5) is 0 Å². The quantitative estimate of drug-likeness (QED) is 0.861. The van der Waals surface area contributed by atoms with Crippen LogP contribution in [0.15, 0.2) is 36.5 Å². The molecule has 2 aromatic rings. The maximum Gasteiger partial charge on any atom is 0.222 e. The van der Waals surface area contributed by atoms with Gasteiger partial charge >= 0.3 is 0 Å². The van der Waals surface area contributed by atoms with E-state index in [-0.39, 0.29) is 23.5 Å². The molecular formula is C23H31N3O2. The third-order valence-electron chi connectivity index (χ3n) is 6.21. The van der Waals surface area contributed by atoms with E-state index in [9.17, 15) is 4.79 Å². The monoisotopic (exact) mass is 381 g/mol.